The molecule has 0 spiro atoms. The Bertz CT molecular complexity index is 1100. The number of hydrogen-bond acceptors (Lipinski definition) is 7. The molecule has 1 fully saturated rings. The van der Waals surface area contributed by atoms with Gasteiger partial charge >= 0.3 is 0 Å². The van der Waals surface area contributed by atoms with E-state index in [4.69, 9.17) is 14.1 Å². The van der Waals surface area contributed by atoms with Gasteiger partial charge in [-0.2, -0.15) is 0 Å². The molecule has 0 N–H and O–H groups in total. The lowest BCUT2D eigenvalue weighted by molar-refractivity contribution is -0.0402. The number of fused-ring (bicyclic) bond motifs is 5. The molecule has 0 radical (unpaired) electrons. The second kappa shape index (κ2) is 7.17. The second-order valence-corrected chi connectivity index (χ2v) is 9.79. The van der Waals surface area contributed by atoms with E-state index in [1.54, 1.807) is 6.33 Å². The Morgan fingerprint density at radius 3 is 2.60 bits per heavy atom. The topological polar surface area (TPSA) is 67.5 Å². The molecular formula is C23H31N5O2. The van der Waals surface area contributed by atoms with Crippen LogP contribution in [0.4, 0.5) is 5.82 Å². The zero-order chi connectivity index (χ0) is 21.0. The van der Waals surface area contributed by atoms with Crippen LogP contribution in [-0.4, -0.2) is 58.7 Å². The molecule has 0 aromatic carbocycles. The van der Waals surface area contributed by atoms with Gasteiger partial charge in [-0.15, -0.1) is 0 Å². The number of piperazine rings is 1. The largest absolute Gasteiger partial charge is 0.432 e. The summed E-state index contributed by atoms with van der Waals surface area (Å²) in [5.41, 5.74) is 5.72. The van der Waals surface area contributed by atoms with Crippen molar-refractivity contribution in [3.63, 3.8) is 0 Å². The Balaban J connectivity index is 1.72. The van der Waals surface area contributed by atoms with Crippen LogP contribution in [0.3, 0.4) is 0 Å². The summed E-state index contributed by atoms with van der Waals surface area (Å²) in [5, 5.41) is 1.04. The van der Waals surface area contributed by atoms with Crippen molar-refractivity contribution in [2.75, 3.05) is 38.1 Å². The number of furan rings is 1. The molecule has 7 heteroatoms. The molecule has 5 rings (SSSR count). The van der Waals surface area contributed by atoms with Gasteiger partial charge in [0.15, 0.2) is 11.4 Å². The van der Waals surface area contributed by atoms with E-state index in [0.29, 0.717) is 18.2 Å². The molecule has 3 aromatic rings. The lowest BCUT2D eigenvalue weighted by Crippen LogP contribution is -2.44. The van der Waals surface area contributed by atoms with Crippen molar-refractivity contribution in [1.29, 1.82) is 0 Å². The SMILES string of the molecule is CC(C)Cc1nc2oc3c(N4CCN(C)CC4)ncnc3c2c2c1COC(C)(C)C2. The Morgan fingerprint density at radius 1 is 1.10 bits per heavy atom. The summed E-state index contributed by atoms with van der Waals surface area (Å²) in [6, 6.07) is 0. The van der Waals surface area contributed by atoms with E-state index in [1.165, 1.54) is 11.1 Å². The summed E-state index contributed by atoms with van der Waals surface area (Å²) in [7, 11) is 2.16. The molecule has 0 saturated carbocycles. The highest BCUT2D eigenvalue weighted by Crippen LogP contribution is 2.40. The average Bonchev–Trinajstić information content (AvgIpc) is 3.06. The van der Waals surface area contributed by atoms with Crippen molar-refractivity contribution in [2.45, 2.75) is 52.7 Å². The van der Waals surface area contributed by atoms with Crippen LogP contribution in [0.5, 0.6) is 0 Å². The van der Waals surface area contributed by atoms with Gasteiger partial charge in [-0.25, -0.2) is 15.0 Å². The van der Waals surface area contributed by atoms with Crippen molar-refractivity contribution in [3.05, 3.63) is 23.1 Å². The van der Waals surface area contributed by atoms with Gasteiger partial charge in [0.2, 0.25) is 5.71 Å². The minimum atomic E-state index is -0.215. The molecule has 1 saturated heterocycles. The molecular weight excluding hydrogens is 378 g/mol. The number of hydrogen-bond donors (Lipinski definition) is 0. The van der Waals surface area contributed by atoms with Crippen molar-refractivity contribution >= 4 is 28.0 Å². The van der Waals surface area contributed by atoms with E-state index < -0.39 is 0 Å². The summed E-state index contributed by atoms with van der Waals surface area (Å²) in [4.78, 5) is 18.9. The number of likely N-dealkylation sites (N-methyl/N-ethyl adjacent to an activating group) is 1. The Labute approximate surface area is 177 Å². The van der Waals surface area contributed by atoms with Gasteiger partial charge in [0.1, 0.15) is 11.8 Å². The predicted molar refractivity (Wildman–Crippen MR) is 118 cm³/mol. The van der Waals surface area contributed by atoms with Gasteiger partial charge in [0, 0.05) is 38.2 Å². The smallest absolute Gasteiger partial charge is 0.229 e. The molecule has 2 aliphatic heterocycles. The number of nitrogens with zero attached hydrogens (tertiary/aromatic N) is 5. The summed E-state index contributed by atoms with van der Waals surface area (Å²) in [6.45, 7) is 13.2. The first-order valence-corrected chi connectivity index (χ1v) is 11.0. The van der Waals surface area contributed by atoms with Gasteiger partial charge in [-0.1, -0.05) is 13.8 Å². The van der Waals surface area contributed by atoms with Gasteiger partial charge in [0.25, 0.3) is 0 Å². The fourth-order valence-electron chi connectivity index (χ4n) is 4.66. The van der Waals surface area contributed by atoms with E-state index in [1.807, 2.05) is 0 Å². The van der Waals surface area contributed by atoms with Crippen molar-refractivity contribution < 1.29 is 9.15 Å². The molecule has 0 amide bonds. The van der Waals surface area contributed by atoms with Gasteiger partial charge < -0.3 is 19.0 Å². The van der Waals surface area contributed by atoms with Crippen LogP contribution < -0.4 is 4.90 Å². The van der Waals surface area contributed by atoms with Gasteiger partial charge in [0.05, 0.1) is 23.3 Å². The molecule has 5 heterocycles. The maximum absolute atomic E-state index is 6.39. The first kappa shape index (κ1) is 19.7. The van der Waals surface area contributed by atoms with Crippen molar-refractivity contribution in [2.24, 2.45) is 5.92 Å². The fourth-order valence-corrected chi connectivity index (χ4v) is 4.66. The molecule has 0 bridgehead atoms. The molecule has 160 valence electrons. The Hall–Kier alpha value is -2.25. The third-order valence-corrected chi connectivity index (χ3v) is 6.30. The standard InChI is InChI=1S/C23H31N5O2/c1-14(2)10-17-16-12-29-23(3,4)11-15(16)18-19-20(30-22(18)26-17)21(25-13-24-19)28-8-6-27(5)7-9-28/h13-14H,6-12H2,1-5H3. The number of anilines is 1. The zero-order valence-electron chi connectivity index (χ0n) is 18.7. The summed E-state index contributed by atoms with van der Waals surface area (Å²) in [6.07, 6.45) is 3.41. The molecule has 7 nitrogen and oxygen atoms in total. The second-order valence-electron chi connectivity index (χ2n) is 9.79. The van der Waals surface area contributed by atoms with Crippen LogP contribution >= 0.6 is 0 Å². The van der Waals surface area contributed by atoms with Gasteiger partial charge in [-0.05, 0) is 38.8 Å². The van der Waals surface area contributed by atoms with E-state index in [0.717, 1.165) is 67.0 Å². The number of aromatic nitrogens is 3. The average molecular weight is 410 g/mol. The van der Waals surface area contributed by atoms with Crippen molar-refractivity contribution in [1.82, 2.24) is 19.9 Å². The van der Waals surface area contributed by atoms with Crippen LogP contribution in [-0.2, 0) is 24.2 Å². The van der Waals surface area contributed by atoms with Gasteiger partial charge in [-0.3, -0.25) is 0 Å². The highest BCUT2D eigenvalue weighted by molar-refractivity contribution is 6.06. The van der Waals surface area contributed by atoms with E-state index in [9.17, 15) is 0 Å². The minimum Gasteiger partial charge on any atom is -0.432 e. The molecule has 0 aliphatic carbocycles. The molecule has 2 aliphatic rings. The molecule has 30 heavy (non-hydrogen) atoms. The van der Waals surface area contributed by atoms with Crippen molar-refractivity contribution in [3.8, 4) is 0 Å². The minimum absolute atomic E-state index is 0.215. The lowest BCUT2D eigenvalue weighted by Gasteiger charge is -2.33. The van der Waals surface area contributed by atoms with Crippen LogP contribution in [0.25, 0.3) is 22.2 Å². The highest BCUT2D eigenvalue weighted by atomic mass is 16.5. The van der Waals surface area contributed by atoms with Crippen LogP contribution in [0.15, 0.2) is 10.7 Å². The Morgan fingerprint density at radius 2 is 1.87 bits per heavy atom. The third kappa shape index (κ3) is 3.34. The van der Waals surface area contributed by atoms with Crippen LogP contribution in [0.2, 0.25) is 0 Å². The fraction of sp³-hybridized carbons (Fsp3) is 0.609. The predicted octanol–water partition coefficient (Wildman–Crippen LogP) is 3.57. The maximum atomic E-state index is 6.39. The Kier molecular flexibility index (Phi) is 4.71. The number of pyridine rings is 1. The normalized spacial score (nSPS) is 19.7. The highest BCUT2D eigenvalue weighted by Gasteiger charge is 2.33. The van der Waals surface area contributed by atoms with Crippen LogP contribution in [0.1, 0.15) is 44.5 Å². The summed E-state index contributed by atoms with van der Waals surface area (Å²) < 4.78 is 12.6. The molecule has 0 unspecified atom stereocenters. The summed E-state index contributed by atoms with van der Waals surface area (Å²) >= 11 is 0. The first-order valence-electron chi connectivity index (χ1n) is 11.0. The quantitative estimate of drug-likeness (QED) is 0.655. The number of ether oxygens (including phenoxy) is 1. The maximum Gasteiger partial charge on any atom is 0.229 e. The lowest BCUT2D eigenvalue weighted by atomic mass is 9.88. The number of rotatable bonds is 3. The van der Waals surface area contributed by atoms with Crippen LogP contribution in [0, 0.1) is 5.92 Å². The monoisotopic (exact) mass is 409 g/mol. The van der Waals surface area contributed by atoms with E-state index in [-0.39, 0.29) is 5.60 Å². The first-order chi connectivity index (χ1) is 14.3. The molecule has 3 aromatic heterocycles. The molecule has 0 atom stereocenters. The van der Waals surface area contributed by atoms with E-state index >= 15 is 0 Å². The third-order valence-electron chi connectivity index (χ3n) is 6.30. The zero-order valence-corrected chi connectivity index (χ0v) is 18.7. The van der Waals surface area contributed by atoms with E-state index in [2.05, 4.69) is 54.5 Å². The summed E-state index contributed by atoms with van der Waals surface area (Å²) in [5.74, 6) is 1.40.